The fraction of sp³-hybridized carbons (Fsp3) is 0.154. The third-order valence-electron chi connectivity index (χ3n) is 2.58. The number of benzene rings is 1. The van der Waals surface area contributed by atoms with Gasteiger partial charge in [-0.15, -0.1) is 13.2 Å². The fourth-order valence-electron chi connectivity index (χ4n) is 1.68. The van der Waals surface area contributed by atoms with Crippen molar-refractivity contribution in [3.05, 3.63) is 52.3 Å². The summed E-state index contributed by atoms with van der Waals surface area (Å²) >= 11 is 0. The smallest absolute Gasteiger partial charge is 0.406 e. The van der Waals surface area contributed by atoms with Crippen LogP contribution in [0.5, 0.6) is 5.75 Å². The van der Waals surface area contributed by atoms with Crippen LogP contribution in [0.25, 0.3) is 11.3 Å². The minimum Gasteiger partial charge on any atom is -0.406 e. The highest BCUT2D eigenvalue weighted by Crippen LogP contribution is 2.26. The monoisotopic (exact) mass is 269 g/mol. The number of alkyl halides is 3. The Bertz CT molecular complexity index is 630. The summed E-state index contributed by atoms with van der Waals surface area (Å²) < 4.78 is 39.8. The van der Waals surface area contributed by atoms with E-state index in [-0.39, 0.29) is 11.2 Å². The number of pyridine rings is 1. The number of rotatable bonds is 2. The number of ether oxygens (including phenoxy) is 1. The maximum Gasteiger partial charge on any atom is 0.573 e. The molecular weight excluding hydrogens is 259 g/mol. The van der Waals surface area contributed by atoms with E-state index in [1.807, 2.05) is 0 Å². The summed E-state index contributed by atoms with van der Waals surface area (Å²) in [5.41, 5.74) is 1.56. The molecule has 19 heavy (non-hydrogen) atoms. The van der Waals surface area contributed by atoms with E-state index in [0.717, 1.165) is 0 Å². The first-order valence-corrected chi connectivity index (χ1v) is 5.41. The van der Waals surface area contributed by atoms with Gasteiger partial charge in [0.05, 0.1) is 5.69 Å². The predicted molar refractivity (Wildman–Crippen MR) is 63.9 cm³/mol. The molecule has 0 saturated carbocycles. The Morgan fingerprint density at radius 3 is 2.32 bits per heavy atom. The molecule has 0 aliphatic rings. The van der Waals surface area contributed by atoms with Crippen LogP contribution in [-0.4, -0.2) is 11.3 Å². The molecule has 0 unspecified atom stereocenters. The van der Waals surface area contributed by atoms with Gasteiger partial charge in [-0.1, -0.05) is 0 Å². The van der Waals surface area contributed by atoms with Gasteiger partial charge in [-0.25, -0.2) is 0 Å². The highest BCUT2D eigenvalue weighted by atomic mass is 19.4. The first-order valence-electron chi connectivity index (χ1n) is 5.41. The molecule has 0 fully saturated rings. The van der Waals surface area contributed by atoms with Gasteiger partial charge in [0.25, 0.3) is 0 Å². The second kappa shape index (κ2) is 4.79. The third-order valence-corrected chi connectivity index (χ3v) is 2.58. The molecule has 100 valence electrons. The van der Waals surface area contributed by atoms with E-state index in [1.165, 1.54) is 36.5 Å². The summed E-state index contributed by atoms with van der Waals surface area (Å²) in [7, 11) is 0. The van der Waals surface area contributed by atoms with Crippen molar-refractivity contribution in [1.29, 1.82) is 0 Å². The lowest BCUT2D eigenvalue weighted by molar-refractivity contribution is -0.274. The molecule has 1 aromatic heterocycles. The van der Waals surface area contributed by atoms with Crippen LogP contribution in [0.1, 0.15) is 5.56 Å². The summed E-state index contributed by atoms with van der Waals surface area (Å²) in [4.78, 5) is 14.4. The minimum absolute atomic E-state index is 0.135. The first-order chi connectivity index (χ1) is 8.87. The molecule has 2 rings (SSSR count). The lowest BCUT2D eigenvalue weighted by Crippen LogP contribution is -2.17. The van der Waals surface area contributed by atoms with E-state index in [4.69, 9.17) is 0 Å². The van der Waals surface area contributed by atoms with Crippen molar-refractivity contribution in [2.75, 3.05) is 0 Å². The van der Waals surface area contributed by atoms with Crippen molar-refractivity contribution in [1.82, 2.24) is 4.98 Å². The zero-order valence-corrected chi connectivity index (χ0v) is 9.91. The molecule has 0 spiro atoms. The molecule has 0 atom stereocenters. The van der Waals surface area contributed by atoms with E-state index in [9.17, 15) is 18.0 Å². The van der Waals surface area contributed by atoms with Crippen molar-refractivity contribution in [2.24, 2.45) is 0 Å². The quantitative estimate of drug-likeness (QED) is 0.909. The van der Waals surface area contributed by atoms with Crippen LogP contribution in [-0.2, 0) is 0 Å². The highest BCUT2D eigenvalue weighted by molar-refractivity contribution is 5.63. The first kappa shape index (κ1) is 13.2. The van der Waals surface area contributed by atoms with Gasteiger partial charge in [0.1, 0.15) is 5.75 Å². The summed E-state index contributed by atoms with van der Waals surface area (Å²) in [6.07, 6.45) is -3.22. The predicted octanol–water partition coefficient (Wildman–Crippen LogP) is 3.25. The van der Waals surface area contributed by atoms with Gasteiger partial charge in [-0.3, -0.25) is 4.79 Å². The van der Waals surface area contributed by atoms with Crippen LogP contribution in [0.4, 0.5) is 13.2 Å². The zero-order valence-electron chi connectivity index (χ0n) is 9.91. The minimum atomic E-state index is -4.71. The fourth-order valence-corrected chi connectivity index (χ4v) is 1.68. The normalized spacial score (nSPS) is 11.4. The molecule has 1 aromatic carbocycles. The molecule has 3 nitrogen and oxygen atoms in total. The Morgan fingerprint density at radius 1 is 1.11 bits per heavy atom. The standard InChI is InChI=1S/C13H10F3NO2/c1-8-11(18)6-7-17-12(8)9-2-4-10(5-3-9)19-13(14,15)16/h2-7H,1H3,(H,17,18). The SMILES string of the molecule is Cc1c(-c2ccc(OC(F)(F)F)cc2)[nH]ccc1=O. The van der Waals surface area contributed by atoms with Crippen LogP contribution in [0.2, 0.25) is 0 Å². The van der Waals surface area contributed by atoms with Crippen molar-refractivity contribution >= 4 is 0 Å². The molecule has 0 radical (unpaired) electrons. The number of nitrogens with one attached hydrogen (secondary N) is 1. The number of H-pyrrole nitrogens is 1. The molecular formula is C13H10F3NO2. The van der Waals surface area contributed by atoms with Gasteiger partial charge >= 0.3 is 6.36 Å². The maximum absolute atomic E-state index is 12.0. The van der Waals surface area contributed by atoms with Gasteiger partial charge in [-0.05, 0) is 36.8 Å². The van der Waals surface area contributed by atoms with Gasteiger partial charge in [0, 0.05) is 17.8 Å². The average Bonchev–Trinajstić information content (AvgIpc) is 2.32. The number of halogens is 3. The molecule has 0 amide bonds. The Morgan fingerprint density at radius 2 is 1.74 bits per heavy atom. The van der Waals surface area contributed by atoms with Crippen LogP contribution in [0.15, 0.2) is 41.3 Å². The van der Waals surface area contributed by atoms with Crippen molar-refractivity contribution in [3.8, 4) is 17.0 Å². The second-order valence-corrected chi connectivity index (χ2v) is 3.91. The van der Waals surface area contributed by atoms with E-state index >= 15 is 0 Å². The third kappa shape index (κ3) is 3.15. The lowest BCUT2D eigenvalue weighted by Gasteiger charge is -2.10. The number of aromatic amines is 1. The Labute approximate surface area is 106 Å². The Kier molecular flexibility index (Phi) is 3.33. The topological polar surface area (TPSA) is 42.1 Å². The summed E-state index contributed by atoms with van der Waals surface area (Å²) in [5, 5.41) is 0. The highest BCUT2D eigenvalue weighted by Gasteiger charge is 2.30. The lowest BCUT2D eigenvalue weighted by atomic mass is 10.1. The molecule has 6 heteroatoms. The Balaban J connectivity index is 2.33. The van der Waals surface area contributed by atoms with Crippen molar-refractivity contribution in [3.63, 3.8) is 0 Å². The number of hydrogen-bond acceptors (Lipinski definition) is 2. The van der Waals surface area contributed by atoms with Gasteiger partial charge in [-0.2, -0.15) is 0 Å². The van der Waals surface area contributed by atoms with Gasteiger partial charge < -0.3 is 9.72 Å². The summed E-state index contributed by atoms with van der Waals surface area (Å²) in [6.45, 7) is 1.65. The second-order valence-electron chi connectivity index (χ2n) is 3.91. The van der Waals surface area contributed by atoms with Gasteiger partial charge in [0.2, 0.25) is 0 Å². The van der Waals surface area contributed by atoms with Crippen LogP contribution in [0, 0.1) is 6.92 Å². The maximum atomic E-state index is 12.0. The average molecular weight is 269 g/mol. The largest absolute Gasteiger partial charge is 0.573 e. The van der Waals surface area contributed by atoms with E-state index in [1.54, 1.807) is 6.92 Å². The summed E-state index contributed by atoms with van der Waals surface area (Å²) in [6, 6.07) is 6.71. The molecule has 0 aliphatic heterocycles. The van der Waals surface area contributed by atoms with Crippen molar-refractivity contribution < 1.29 is 17.9 Å². The van der Waals surface area contributed by atoms with Crippen LogP contribution in [0.3, 0.4) is 0 Å². The molecule has 0 saturated heterocycles. The van der Waals surface area contributed by atoms with E-state index in [0.29, 0.717) is 16.8 Å². The number of hydrogen-bond donors (Lipinski definition) is 1. The molecule has 0 bridgehead atoms. The van der Waals surface area contributed by atoms with Gasteiger partial charge in [0.15, 0.2) is 5.43 Å². The van der Waals surface area contributed by atoms with Crippen LogP contribution < -0.4 is 10.2 Å². The molecule has 1 heterocycles. The molecule has 1 N–H and O–H groups in total. The van der Waals surface area contributed by atoms with E-state index < -0.39 is 6.36 Å². The van der Waals surface area contributed by atoms with Crippen LogP contribution >= 0.6 is 0 Å². The molecule has 0 aliphatic carbocycles. The zero-order chi connectivity index (χ0) is 14.0. The molecule has 2 aromatic rings. The summed E-state index contributed by atoms with van der Waals surface area (Å²) in [5.74, 6) is -0.299. The van der Waals surface area contributed by atoms with E-state index in [2.05, 4.69) is 9.72 Å². The van der Waals surface area contributed by atoms with Crippen molar-refractivity contribution in [2.45, 2.75) is 13.3 Å². The Hall–Kier alpha value is -2.24. The number of aromatic nitrogens is 1.